The van der Waals surface area contributed by atoms with E-state index in [9.17, 15) is 4.79 Å². The quantitative estimate of drug-likeness (QED) is 0.566. The molecular weight excluding hydrogens is 154 g/mol. The van der Waals surface area contributed by atoms with Crippen LogP contribution in [-0.4, -0.2) is 12.5 Å². The summed E-state index contributed by atoms with van der Waals surface area (Å²) in [5, 5.41) is 2.80. The van der Waals surface area contributed by atoms with Crippen LogP contribution in [0.3, 0.4) is 0 Å². The fraction of sp³-hybridized carbons (Fsp3) is 0.444. The molecule has 3 rings (SSSR count). The number of allylic oxidation sites excluding steroid dienone is 2. The van der Waals surface area contributed by atoms with Crippen molar-refractivity contribution in [2.45, 2.75) is 6.42 Å². The van der Waals surface area contributed by atoms with Crippen molar-refractivity contribution >= 4 is 5.91 Å². The predicted molar refractivity (Wildman–Crippen MR) is 41.9 cm³/mol. The summed E-state index contributed by atoms with van der Waals surface area (Å²) < 4.78 is 5.27. The highest BCUT2D eigenvalue weighted by molar-refractivity contribution is 5.81. The molecule has 2 aliphatic carbocycles. The first kappa shape index (κ1) is 6.29. The monoisotopic (exact) mass is 163 g/mol. The highest BCUT2D eigenvalue weighted by Crippen LogP contribution is 2.46. The van der Waals surface area contributed by atoms with Gasteiger partial charge >= 0.3 is 0 Å². The number of fused-ring (bicyclic) bond motifs is 2. The van der Waals surface area contributed by atoms with Gasteiger partial charge in [-0.2, -0.15) is 0 Å². The van der Waals surface area contributed by atoms with E-state index in [2.05, 4.69) is 17.5 Å². The molecule has 0 aromatic heterocycles. The number of hydrogen-bond acceptors (Lipinski definition) is 2. The summed E-state index contributed by atoms with van der Waals surface area (Å²) in [6, 6.07) is 0. The molecule has 1 saturated heterocycles. The van der Waals surface area contributed by atoms with Gasteiger partial charge in [-0.25, -0.2) is 0 Å². The molecule has 1 N–H and O–H groups in total. The van der Waals surface area contributed by atoms with Crippen LogP contribution in [0.25, 0.3) is 0 Å². The fourth-order valence-electron chi connectivity index (χ4n) is 1.76. The van der Waals surface area contributed by atoms with Crippen molar-refractivity contribution in [2.75, 3.05) is 6.61 Å². The third-order valence-corrected chi connectivity index (χ3v) is 2.54. The third kappa shape index (κ3) is 0.793. The van der Waals surface area contributed by atoms with Crippen LogP contribution < -0.4 is 5.32 Å². The summed E-state index contributed by atoms with van der Waals surface area (Å²) in [4.78, 5) is 10.9. The molecule has 0 spiro atoms. The van der Waals surface area contributed by atoms with Gasteiger partial charge in [0.25, 0.3) is 5.91 Å². The van der Waals surface area contributed by atoms with Gasteiger partial charge in [-0.1, -0.05) is 6.08 Å². The Morgan fingerprint density at radius 2 is 2.25 bits per heavy atom. The average molecular weight is 163 g/mol. The van der Waals surface area contributed by atoms with Crippen LogP contribution in [0.5, 0.6) is 0 Å². The number of carbonyl (C=O) groups excluding carboxylic acids is 1. The second-order valence-electron chi connectivity index (χ2n) is 3.51. The van der Waals surface area contributed by atoms with Crippen LogP contribution in [-0.2, 0) is 9.53 Å². The Hall–Kier alpha value is -1.25. The number of amides is 1. The molecule has 0 aromatic rings. The highest BCUT2D eigenvalue weighted by atomic mass is 16.5. The zero-order valence-corrected chi connectivity index (χ0v) is 6.54. The zero-order valence-electron chi connectivity index (χ0n) is 6.54. The molecule has 2 fully saturated rings. The van der Waals surface area contributed by atoms with Gasteiger partial charge in [-0.15, -0.1) is 0 Å². The van der Waals surface area contributed by atoms with Crippen LogP contribution >= 0.6 is 0 Å². The van der Waals surface area contributed by atoms with E-state index in [1.54, 1.807) is 0 Å². The minimum absolute atomic E-state index is 0.0440. The van der Waals surface area contributed by atoms with Crippen molar-refractivity contribution in [1.29, 1.82) is 0 Å². The number of carbonyl (C=O) groups is 1. The summed E-state index contributed by atoms with van der Waals surface area (Å²) in [6.45, 7) is 0.167. The molecule has 1 heterocycles. The van der Waals surface area contributed by atoms with E-state index in [0.717, 1.165) is 11.5 Å². The lowest BCUT2D eigenvalue weighted by molar-refractivity contribution is -0.125. The van der Waals surface area contributed by atoms with E-state index < -0.39 is 0 Å². The molecule has 1 saturated carbocycles. The smallest absolute Gasteiger partial charge is 0.262 e. The van der Waals surface area contributed by atoms with Gasteiger partial charge in [0, 0.05) is 0 Å². The highest BCUT2D eigenvalue weighted by Gasteiger charge is 2.39. The Morgan fingerprint density at radius 1 is 1.42 bits per heavy atom. The molecule has 62 valence electrons. The Balaban J connectivity index is 1.96. The molecule has 3 aliphatic rings. The Kier molecular flexibility index (Phi) is 1.00. The third-order valence-electron chi connectivity index (χ3n) is 2.54. The molecule has 1 amide bonds. The first-order valence-corrected chi connectivity index (χ1v) is 4.19. The van der Waals surface area contributed by atoms with Crippen LogP contribution in [0.1, 0.15) is 6.42 Å². The normalized spacial score (nSPS) is 36.5. The zero-order chi connectivity index (χ0) is 8.13. The SMILES string of the molecule is O=C1COC2=CC3CC3C=C2N1. The Labute approximate surface area is 70.1 Å². The van der Waals surface area contributed by atoms with Crippen LogP contribution in [0.4, 0.5) is 0 Å². The maximum Gasteiger partial charge on any atom is 0.262 e. The average Bonchev–Trinajstić information content (AvgIpc) is 2.77. The van der Waals surface area contributed by atoms with E-state index in [0.29, 0.717) is 11.8 Å². The fourth-order valence-corrected chi connectivity index (χ4v) is 1.76. The van der Waals surface area contributed by atoms with Gasteiger partial charge in [0.2, 0.25) is 0 Å². The van der Waals surface area contributed by atoms with Crippen LogP contribution in [0.15, 0.2) is 23.6 Å². The lowest BCUT2D eigenvalue weighted by Gasteiger charge is -2.22. The van der Waals surface area contributed by atoms with Crippen molar-refractivity contribution in [2.24, 2.45) is 11.8 Å². The summed E-state index contributed by atoms with van der Waals surface area (Å²) in [7, 11) is 0. The lowest BCUT2D eigenvalue weighted by Crippen LogP contribution is -2.34. The molecule has 3 heteroatoms. The number of nitrogens with one attached hydrogen (secondary N) is 1. The van der Waals surface area contributed by atoms with E-state index in [4.69, 9.17) is 4.74 Å². The number of ether oxygens (including phenoxy) is 1. The van der Waals surface area contributed by atoms with Gasteiger partial charge in [-0.05, 0) is 24.3 Å². The van der Waals surface area contributed by atoms with Crippen molar-refractivity contribution in [3.63, 3.8) is 0 Å². The van der Waals surface area contributed by atoms with E-state index in [1.807, 2.05) is 0 Å². The van der Waals surface area contributed by atoms with Gasteiger partial charge < -0.3 is 10.1 Å². The summed E-state index contributed by atoms with van der Waals surface area (Å²) in [5.41, 5.74) is 0.880. The van der Waals surface area contributed by atoms with E-state index >= 15 is 0 Å². The summed E-state index contributed by atoms with van der Waals surface area (Å²) in [6.07, 6.45) is 5.45. The van der Waals surface area contributed by atoms with Crippen LogP contribution in [0.2, 0.25) is 0 Å². The van der Waals surface area contributed by atoms with Gasteiger partial charge in [0.05, 0.1) is 5.70 Å². The molecule has 12 heavy (non-hydrogen) atoms. The maximum absolute atomic E-state index is 10.9. The molecule has 0 bridgehead atoms. The minimum Gasteiger partial charge on any atom is -0.482 e. The number of rotatable bonds is 0. The van der Waals surface area contributed by atoms with Crippen molar-refractivity contribution in [3.8, 4) is 0 Å². The van der Waals surface area contributed by atoms with Gasteiger partial charge in [0.1, 0.15) is 5.76 Å². The van der Waals surface area contributed by atoms with Gasteiger partial charge in [0.15, 0.2) is 6.61 Å². The van der Waals surface area contributed by atoms with Crippen LogP contribution in [0, 0.1) is 11.8 Å². The molecule has 0 aromatic carbocycles. The molecule has 2 atom stereocenters. The Bertz CT molecular complexity index is 316. The maximum atomic E-state index is 10.9. The van der Waals surface area contributed by atoms with Crippen molar-refractivity contribution in [1.82, 2.24) is 5.32 Å². The molecule has 2 unspecified atom stereocenters. The first-order chi connectivity index (χ1) is 5.83. The van der Waals surface area contributed by atoms with Gasteiger partial charge in [-0.3, -0.25) is 4.79 Å². The molecule has 1 aliphatic heterocycles. The van der Waals surface area contributed by atoms with Crippen molar-refractivity contribution in [3.05, 3.63) is 23.6 Å². The largest absolute Gasteiger partial charge is 0.482 e. The minimum atomic E-state index is -0.0440. The van der Waals surface area contributed by atoms with Crippen molar-refractivity contribution < 1.29 is 9.53 Å². The number of hydrogen-bond donors (Lipinski definition) is 1. The lowest BCUT2D eigenvalue weighted by atomic mass is 10.1. The second kappa shape index (κ2) is 1.91. The van der Waals surface area contributed by atoms with E-state index in [1.165, 1.54) is 6.42 Å². The molecular formula is C9H9NO2. The number of morpholine rings is 1. The predicted octanol–water partition coefficient (Wildman–Crippen LogP) is 0.550. The second-order valence-corrected chi connectivity index (χ2v) is 3.51. The Morgan fingerprint density at radius 3 is 3.17 bits per heavy atom. The summed E-state index contributed by atoms with van der Waals surface area (Å²) >= 11 is 0. The topological polar surface area (TPSA) is 38.3 Å². The first-order valence-electron chi connectivity index (χ1n) is 4.19. The molecule has 3 nitrogen and oxygen atoms in total. The van der Waals surface area contributed by atoms with E-state index in [-0.39, 0.29) is 12.5 Å². The molecule has 0 radical (unpaired) electrons. The standard InChI is InChI=1S/C9H9NO2/c11-9-4-12-8-3-6-1-5(6)2-7(8)10-9/h2-3,5-6H,1,4H2,(H,10,11). The summed E-state index contributed by atoms with van der Waals surface area (Å²) in [5.74, 6) is 2.16.